The third-order valence-corrected chi connectivity index (χ3v) is 3.06. The monoisotopic (exact) mass is 221 g/mol. The second kappa shape index (κ2) is 4.55. The first kappa shape index (κ1) is 10.3. The molecule has 1 aliphatic carbocycles. The van der Waals surface area contributed by atoms with Crippen LogP contribution in [0, 0.1) is 17.2 Å². The lowest BCUT2D eigenvalue weighted by molar-refractivity contribution is 0.180. The topological polar surface area (TPSA) is 33.0 Å². The normalized spacial score (nSPS) is 15.5. The number of nitriles is 1. The molecule has 0 unspecified atom stereocenters. The quantitative estimate of drug-likeness (QED) is 0.784. The van der Waals surface area contributed by atoms with Crippen molar-refractivity contribution in [3.63, 3.8) is 0 Å². The number of rotatable bonds is 3. The summed E-state index contributed by atoms with van der Waals surface area (Å²) in [6.45, 7) is 0.742. The zero-order valence-electron chi connectivity index (χ0n) is 8.37. The van der Waals surface area contributed by atoms with Crippen molar-refractivity contribution < 1.29 is 4.74 Å². The Labute approximate surface area is 94.4 Å². The van der Waals surface area contributed by atoms with Crippen LogP contribution in [-0.4, -0.2) is 6.61 Å². The van der Waals surface area contributed by atoms with E-state index in [-0.39, 0.29) is 0 Å². The molecule has 78 valence electrons. The Balaban J connectivity index is 1.98. The molecule has 0 spiro atoms. The molecule has 1 aromatic carbocycles. The van der Waals surface area contributed by atoms with E-state index in [1.807, 2.05) is 6.07 Å². The van der Waals surface area contributed by atoms with E-state index < -0.39 is 0 Å². The van der Waals surface area contributed by atoms with Crippen LogP contribution in [0.3, 0.4) is 0 Å². The molecule has 2 nitrogen and oxygen atoms in total. The molecule has 1 saturated carbocycles. The maximum atomic E-state index is 8.67. The van der Waals surface area contributed by atoms with Gasteiger partial charge in [0.15, 0.2) is 0 Å². The van der Waals surface area contributed by atoms with Gasteiger partial charge in [-0.25, -0.2) is 0 Å². The molecule has 0 aliphatic heterocycles. The van der Waals surface area contributed by atoms with Gasteiger partial charge in [-0.1, -0.05) is 18.0 Å². The fraction of sp³-hybridized carbons (Fsp3) is 0.417. The Morgan fingerprint density at radius 3 is 2.80 bits per heavy atom. The maximum absolute atomic E-state index is 8.67. The fourth-order valence-electron chi connectivity index (χ4n) is 1.55. The summed E-state index contributed by atoms with van der Waals surface area (Å²) in [5.74, 6) is 1.37. The highest BCUT2D eigenvalue weighted by Crippen LogP contribution is 2.30. The van der Waals surface area contributed by atoms with Crippen LogP contribution in [0.4, 0.5) is 0 Å². The van der Waals surface area contributed by atoms with Gasteiger partial charge in [0.2, 0.25) is 0 Å². The van der Waals surface area contributed by atoms with Gasteiger partial charge < -0.3 is 4.74 Å². The summed E-state index contributed by atoms with van der Waals surface area (Å²) < 4.78 is 5.60. The first-order chi connectivity index (χ1) is 7.29. The number of nitrogens with zero attached hydrogens (tertiary/aromatic N) is 1. The van der Waals surface area contributed by atoms with E-state index in [0.717, 1.165) is 6.61 Å². The molecule has 0 N–H and O–H groups in total. The van der Waals surface area contributed by atoms with Crippen molar-refractivity contribution in [3.05, 3.63) is 28.8 Å². The Morgan fingerprint density at radius 2 is 2.27 bits per heavy atom. The first-order valence-corrected chi connectivity index (χ1v) is 5.50. The second-order valence-electron chi connectivity index (χ2n) is 3.86. The van der Waals surface area contributed by atoms with Crippen LogP contribution in [0.25, 0.3) is 0 Å². The highest BCUT2D eigenvalue weighted by molar-refractivity contribution is 6.32. The predicted octanol–water partition coefficient (Wildman–Crippen LogP) is 3.39. The van der Waals surface area contributed by atoms with Crippen LogP contribution in [0.2, 0.25) is 5.02 Å². The zero-order valence-corrected chi connectivity index (χ0v) is 9.13. The van der Waals surface area contributed by atoms with Gasteiger partial charge in [-0.2, -0.15) is 5.26 Å². The van der Waals surface area contributed by atoms with Crippen LogP contribution in [0.5, 0.6) is 5.75 Å². The van der Waals surface area contributed by atoms with E-state index in [9.17, 15) is 0 Å². The molecule has 0 bridgehead atoms. The number of hydrogen-bond acceptors (Lipinski definition) is 2. The number of hydrogen-bond donors (Lipinski definition) is 0. The molecule has 1 fully saturated rings. The molecule has 2 rings (SSSR count). The lowest BCUT2D eigenvalue weighted by Crippen LogP contribution is -2.19. The summed E-state index contributed by atoms with van der Waals surface area (Å²) in [5.41, 5.74) is 0.566. The van der Waals surface area contributed by atoms with Crippen molar-refractivity contribution in [3.8, 4) is 11.8 Å². The Kier molecular flexibility index (Phi) is 3.13. The van der Waals surface area contributed by atoms with Crippen molar-refractivity contribution in [2.75, 3.05) is 6.61 Å². The highest BCUT2D eigenvalue weighted by atomic mass is 35.5. The number of ether oxygens (including phenoxy) is 1. The van der Waals surface area contributed by atoms with Crippen LogP contribution in [0.1, 0.15) is 24.8 Å². The van der Waals surface area contributed by atoms with E-state index in [4.69, 9.17) is 21.6 Å². The van der Waals surface area contributed by atoms with Gasteiger partial charge in [-0.15, -0.1) is 0 Å². The van der Waals surface area contributed by atoms with Crippen molar-refractivity contribution in [1.29, 1.82) is 5.26 Å². The molecule has 1 aliphatic rings. The fourth-order valence-corrected chi connectivity index (χ4v) is 1.79. The average molecular weight is 222 g/mol. The van der Waals surface area contributed by atoms with E-state index >= 15 is 0 Å². The SMILES string of the molecule is N#Cc1ccc(OCC2CCC2)c(Cl)c1. The van der Waals surface area contributed by atoms with Gasteiger partial charge in [0, 0.05) is 0 Å². The zero-order chi connectivity index (χ0) is 10.7. The van der Waals surface area contributed by atoms with Gasteiger partial charge in [0.05, 0.1) is 23.3 Å². The molecule has 0 amide bonds. The van der Waals surface area contributed by atoms with E-state index in [0.29, 0.717) is 22.3 Å². The molecular formula is C12H12ClNO. The standard InChI is InChI=1S/C12H12ClNO/c13-11-6-10(7-14)4-5-12(11)15-8-9-2-1-3-9/h4-6,9H,1-3,8H2. The van der Waals surface area contributed by atoms with Gasteiger partial charge in [-0.3, -0.25) is 0 Å². The first-order valence-electron chi connectivity index (χ1n) is 5.12. The Bertz CT molecular complexity index is 393. The molecule has 0 saturated heterocycles. The smallest absolute Gasteiger partial charge is 0.137 e. The van der Waals surface area contributed by atoms with Crippen LogP contribution in [-0.2, 0) is 0 Å². The summed E-state index contributed by atoms with van der Waals surface area (Å²) in [7, 11) is 0. The summed E-state index contributed by atoms with van der Waals surface area (Å²) in [4.78, 5) is 0. The minimum Gasteiger partial charge on any atom is -0.492 e. The molecule has 3 heteroatoms. The van der Waals surface area contributed by atoms with Crippen LogP contribution in [0.15, 0.2) is 18.2 Å². The van der Waals surface area contributed by atoms with Crippen molar-refractivity contribution in [2.45, 2.75) is 19.3 Å². The lowest BCUT2D eigenvalue weighted by Gasteiger charge is -2.25. The Morgan fingerprint density at radius 1 is 1.47 bits per heavy atom. The molecule has 1 aromatic rings. The third-order valence-electron chi connectivity index (χ3n) is 2.76. The maximum Gasteiger partial charge on any atom is 0.137 e. The van der Waals surface area contributed by atoms with Crippen molar-refractivity contribution in [1.82, 2.24) is 0 Å². The van der Waals surface area contributed by atoms with Crippen LogP contribution < -0.4 is 4.74 Å². The molecule has 0 heterocycles. The van der Waals surface area contributed by atoms with E-state index in [1.165, 1.54) is 19.3 Å². The molecule has 0 aromatic heterocycles. The largest absolute Gasteiger partial charge is 0.492 e. The third kappa shape index (κ3) is 2.43. The minimum absolute atomic E-state index is 0.522. The molecule has 0 radical (unpaired) electrons. The summed E-state index contributed by atoms with van der Waals surface area (Å²) in [6.07, 6.45) is 3.83. The Hall–Kier alpha value is -1.20. The lowest BCUT2D eigenvalue weighted by atomic mass is 9.86. The summed E-state index contributed by atoms with van der Waals surface area (Å²) in [5, 5.41) is 9.19. The van der Waals surface area contributed by atoms with E-state index in [2.05, 4.69) is 0 Å². The van der Waals surface area contributed by atoms with Gasteiger partial charge >= 0.3 is 0 Å². The van der Waals surface area contributed by atoms with E-state index in [1.54, 1.807) is 18.2 Å². The number of halogens is 1. The minimum atomic E-state index is 0.522. The molecule has 15 heavy (non-hydrogen) atoms. The predicted molar refractivity (Wildman–Crippen MR) is 59.0 cm³/mol. The van der Waals surface area contributed by atoms with Gasteiger partial charge in [-0.05, 0) is 37.0 Å². The van der Waals surface area contributed by atoms with Gasteiger partial charge in [0.1, 0.15) is 5.75 Å². The van der Waals surface area contributed by atoms with Crippen molar-refractivity contribution in [2.24, 2.45) is 5.92 Å². The highest BCUT2D eigenvalue weighted by Gasteiger charge is 2.18. The van der Waals surface area contributed by atoms with Crippen LogP contribution >= 0.6 is 11.6 Å². The number of benzene rings is 1. The second-order valence-corrected chi connectivity index (χ2v) is 4.27. The molecule has 0 atom stereocenters. The van der Waals surface area contributed by atoms with Gasteiger partial charge in [0.25, 0.3) is 0 Å². The average Bonchev–Trinajstić information content (AvgIpc) is 2.18. The van der Waals surface area contributed by atoms with Crippen molar-refractivity contribution >= 4 is 11.6 Å². The molecular weight excluding hydrogens is 210 g/mol. The summed E-state index contributed by atoms with van der Waals surface area (Å²) in [6, 6.07) is 7.17. The summed E-state index contributed by atoms with van der Waals surface area (Å²) >= 11 is 5.98.